The van der Waals surface area contributed by atoms with Gasteiger partial charge in [0.15, 0.2) is 11.4 Å². The first-order valence-electron chi connectivity index (χ1n) is 10.8. The Bertz CT molecular complexity index is 1160. The molecule has 32 heavy (non-hydrogen) atoms. The third-order valence-electron chi connectivity index (χ3n) is 5.31. The predicted molar refractivity (Wildman–Crippen MR) is 121 cm³/mol. The maximum absolute atomic E-state index is 12.2. The standard InChI is InChI=1S/C14H21N3O2Si.C8H7N3O/c1-20(2,3)7-6-19-10-17-14(18)13(11-4-5-11)8-12(9-15)16-17;9-4-6-3-7(5-1-2-5)8(12)11-10-6/h8,11H,4-7,10H2,1-3H3;3,5H,1-2H2,(H,11,12). The van der Waals surface area contributed by atoms with Crippen molar-refractivity contribution >= 4 is 8.07 Å². The van der Waals surface area contributed by atoms with Crippen molar-refractivity contribution in [3.05, 3.63) is 55.4 Å². The molecule has 0 radical (unpaired) electrons. The molecular weight excluding hydrogens is 424 g/mol. The molecular formula is C22H28N6O3Si. The largest absolute Gasteiger partial charge is 0.359 e. The molecule has 2 aliphatic rings. The van der Waals surface area contributed by atoms with Gasteiger partial charge in [0.05, 0.1) is 0 Å². The summed E-state index contributed by atoms with van der Waals surface area (Å²) < 4.78 is 6.85. The van der Waals surface area contributed by atoms with E-state index in [0.717, 1.165) is 31.7 Å². The first kappa shape index (κ1) is 23.6. The van der Waals surface area contributed by atoms with Gasteiger partial charge in [-0.15, -0.1) is 0 Å². The Kier molecular flexibility index (Phi) is 7.39. The van der Waals surface area contributed by atoms with Crippen LogP contribution in [0.2, 0.25) is 25.7 Å². The molecule has 2 aliphatic carbocycles. The van der Waals surface area contributed by atoms with Crippen molar-refractivity contribution in [2.24, 2.45) is 0 Å². The van der Waals surface area contributed by atoms with Crippen LogP contribution in [0.4, 0.5) is 0 Å². The zero-order chi connectivity index (χ0) is 23.3. The van der Waals surface area contributed by atoms with E-state index in [2.05, 4.69) is 34.9 Å². The fraction of sp³-hybridized carbons (Fsp3) is 0.545. The highest BCUT2D eigenvalue weighted by Gasteiger charge is 2.28. The summed E-state index contributed by atoms with van der Waals surface area (Å²) in [5.74, 6) is 0.676. The second kappa shape index (κ2) is 10.0. The zero-order valence-electron chi connectivity index (χ0n) is 18.7. The normalized spacial score (nSPS) is 15.3. The number of rotatable bonds is 7. The van der Waals surface area contributed by atoms with Gasteiger partial charge in [-0.25, -0.2) is 9.78 Å². The van der Waals surface area contributed by atoms with Gasteiger partial charge in [0.25, 0.3) is 11.1 Å². The van der Waals surface area contributed by atoms with Gasteiger partial charge in [0.2, 0.25) is 0 Å². The summed E-state index contributed by atoms with van der Waals surface area (Å²) in [6.07, 6.45) is 4.16. The maximum atomic E-state index is 12.2. The Balaban J connectivity index is 0.000000204. The van der Waals surface area contributed by atoms with Crippen molar-refractivity contribution in [3.63, 3.8) is 0 Å². The van der Waals surface area contributed by atoms with Gasteiger partial charge in [0, 0.05) is 25.8 Å². The molecule has 2 saturated carbocycles. The van der Waals surface area contributed by atoms with E-state index >= 15 is 0 Å². The van der Waals surface area contributed by atoms with Crippen LogP contribution in [0.3, 0.4) is 0 Å². The van der Waals surface area contributed by atoms with Crippen LogP contribution in [0, 0.1) is 22.7 Å². The van der Waals surface area contributed by atoms with Crippen LogP contribution in [0.25, 0.3) is 0 Å². The minimum absolute atomic E-state index is 0.112. The summed E-state index contributed by atoms with van der Waals surface area (Å²) in [4.78, 5) is 23.4. The molecule has 2 aromatic rings. The lowest BCUT2D eigenvalue weighted by Crippen LogP contribution is -2.29. The molecule has 0 bridgehead atoms. The second-order valence-electron chi connectivity index (χ2n) is 9.45. The number of hydrogen-bond acceptors (Lipinski definition) is 7. The molecule has 0 saturated heterocycles. The molecule has 2 heterocycles. The smallest absolute Gasteiger partial charge is 0.272 e. The summed E-state index contributed by atoms with van der Waals surface area (Å²) in [7, 11) is -1.13. The van der Waals surface area contributed by atoms with Crippen LogP contribution >= 0.6 is 0 Å². The van der Waals surface area contributed by atoms with E-state index in [1.165, 1.54) is 4.68 Å². The molecule has 0 aromatic carbocycles. The lowest BCUT2D eigenvalue weighted by Gasteiger charge is -2.15. The highest BCUT2D eigenvalue weighted by atomic mass is 28.3. The molecule has 1 N–H and O–H groups in total. The average Bonchev–Trinajstić information content (AvgIpc) is 3.65. The van der Waals surface area contributed by atoms with E-state index in [-0.39, 0.29) is 23.5 Å². The quantitative estimate of drug-likeness (QED) is 0.503. The predicted octanol–water partition coefficient (Wildman–Crippen LogP) is 2.82. The van der Waals surface area contributed by atoms with Gasteiger partial charge >= 0.3 is 0 Å². The van der Waals surface area contributed by atoms with Crippen molar-refractivity contribution in [1.82, 2.24) is 20.0 Å². The molecule has 0 amide bonds. The molecule has 10 heteroatoms. The van der Waals surface area contributed by atoms with Crippen LogP contribution in [0.1, 0.15) is 60.0 Å². The number of nitriles is 2. The van der Waals surface area contributed by atoms with E-state index in [4.69, 9.17) is 15.3 Å². The maximum Gasteiger partial charge on any atom is 0.272 e. The number of aromatic nitrogens is 4. The van der Waals surface area contributed by atoms with Crippen molar-refractivity contribution in [2.45, 2.75) is 69.9 Å². The number of H-pyrrole nitrogens is 1. The number of aromatic amines is 1. The molecule has 2 aromatic heterocycles. The van der Waals surface area contributed by atoms with Crippen molar-refractivity contribution in [2.75, 3.05) is 6.61 Å². The third kappa shape index (κ3) is 6.71. The number of nitrogens with one attached hydrogen (secondary N) is 1. The summed E-state index contributed by atoms with van der Waals surface area (Å²) in [6.45, 7) is 7.62. The summed E-state index contributed by atoms with van der Waals surface area (Å²) >= 11 is 0. The van der Waals surface area contributed by atoms with E-state index in [9.17, 15) is 9.59 Å². The number of hydrogen-bond donors (Lipinski definition) is 1. The fourth-order valence-electron chi connectivity index (χ4n) is 3.10. The van der Waals surface area contributed by atoms with Crippen molar-refractivity contribution in [3.8, 4) is 12.1 Å². The molecule has 168 valence electrons. The van der Waals surface area contributed by atoms with Gasteiger partial charge in [-0.05, 0) is 55.7 Å². The Morgan fingerprint density at radius 3 is 2.22 bits per heavy atom. The summed E-state index contributed by atoms with van der Waals surface area (Å²) in [5.41, 5.74) is 1.74. The van der Waals surface area contributed by atoms with E-state index < -0.39 is 8.07 Å². The molecule has 0 aliphatic heterocycles. The monoisotopic (exact) mass is 452 g/mol. The Morgan fingerprint density at radius 2 is 1.66 bits per heavy atom. The van der Waals surface area contributed by atoms with Gasteiger partial charge in [-0.2, -0.15) is 20.7 Å². The summed E-state index contributed by atoms with van der Waals surface area (Å²) in [6, 6.07) is 8.16. The van der Waals surface area contributed by atoms with Gasteiger partial charge < -0.3 is 4.74 Å². The highest BCUT2D eigenvalue weighted by Crippen LogP contribution is 2.38. The Morgan fingerprint density at radius 1 is 1.06 bits per heavy atom. The molecule has 9 nitrogen and oxygen atoms in total. The van der Waals surface area contributed by atoms with Crippen LogP contribution in [0.5, 0.6) is 0 Å². The molecule has 4 rings (SSSR count). The van der Waals surface area contributed by atoms with Crippen LogP contribution in [-0.4, -0.2) is 34.7 Å². The second-order valence-corrected chi connectivity index (χ2v) is 15.1. The molecule has 0 unspecified atom stereocenters. The van der Waals surface area contributed by atoms with Crippen molar-refractivity contribution in [1.29, 1.82) is 10.5 Å². The molecule has 0 spiro atoms. The SMILES string of the molecule is C[Si](C)(C)CCOCn1nc(C#N)cc(C2CC2)c1=O.N#Cc1cc(C2CC2)c(=O)[nH]n1. The first-order chi connectivity index (χ1) is 15.2. The topological polar surface area (TPSA) is 137 Å². The molecule has 0 atom stereocenters. The third-order valence-corrected chi connectivity index (χ3v) is 7.01. The highest BCUT2D eigenvalue weighted by molar-refractivity contribution is 6.76. The van der Waals surface area contributed by atoms with Crippen LogP contribution < -0.4 is 11.1 Å². The lowest BCUT2D eigenvalue weighted by molar-refractivity contribution is 0.0745. The zero-order valence-corrected chi connectivity index (χ0v) is 19.7. The van der Waals surface area contributed by atoms with Gasteiger partial charge in [0.1, 0.15) is 18.9 Å². The van der Waals surface area contributed by atoms with Crippen LogP contribution in [-0.2, 0) is 11.5 Å². The van der Waals surface area contributed by atoms with E-state index in [1.807, 2.05) is 12.1 Å². The lowest BCUT2D eigenvalue weighted by atomic mass is 10.2. The minimum Gasteiger partial charge on any atom is -0.359 e. The van der Waals surface area contributed by atoms with Gasteiger partial charge in [-0.3, -0.25) is 9.59 Å². The Labute approximate surface area is 187 Å². The molecule has 2 fully saturated rings. The van der Waals surface area contributed by atoms with Crippen LogP contribution in [0.15, 0.2) is 21.7 Å². The van der Waals surface area contributed by atoms with E-state index in [1.54, 1.807) is 12.1 Å². The fourth-order valence-corrected chi connectivity index (χ4v) is 3.85. The summed E-state index contributed by atoms with van der Waals surface area (Å²) in [5, 5.41) is 27.4. The minimum atomic E-state index is -1.13. The number of nitrogens with zero attached hydrogens (tertiary/aromatic N) is 5. The number of ether oxygens (including phenoxy) is 1. The average molecular weight is 453 g/mol. The first-order valence-corrected chi connectivity index (χ1v) is 14.5. The van der Waals surface area contributed by atoms with Crippen molar-refractivity contribution < 1.29 is 4.74 Å². The van der Waals surface area contributed by atoms with Gasteiger partial charge in [-0.1, -0.05) is 19.6 Å². The van der Waals surface area contributed by atoms with E-state index in [0.29, 0.717) is 35.3 Å². The Hall–Kier alpha value is -3.08.